The first-order valence-corrected chi connectivity index (χ1v) is 25.5. The van der Waals surface area contributed by atoms with Crippen molar-refractivity contribution in [2.45, 2.75) is 52.4 Å². The lowest BCUT2D eigenvalue weighted by Crippen LogP contribution is -2.34. The molecule has 0 aliphatic carbocycles. The molecule has 0 atom stereocenters. The second-order valence-corrected chi connectivity index (χ2v) is 17.3. The van der Waals surface area contributed by atoms with Gasteiger partial charge in [0.05, 0.1) is 154 Å². The Kier molecular flexibility index (Phi) is 33.9. The number of nitrogens with one attached hydrogen (secondary N) is 1. The highest BCUT2D eigenvalue weighted by molar-refractivity contribution is 7.17. The zero-order valence-electron chi connectivity index (χ0n) is 42.5. The molecule has 2 aromatic rings. The van der Waals surface area contributed by atoms with Crippen molar-refractivity contribution < 1.29 is 84.1 Å². The van der Waals surface area contributed by atoms with E-state index in [0.29, 0.717) is 167 Å². The van der Waals surface area contributed by atoms with Crippen LogP contribution in [0.15, 0.2) is 22.7 Å². The number of hydrogen-bond donors (Lipinski definition) is 2. The van der Waals surface area contributed by atoms with Crippen molar-refractivity contribution in [2.24, 2.45) is 10.7 Å². The molecule has 414 valence electrons. The number of amidine groups is 1. The number of nitrogens with two attached hydrogens (primary N) is 1. The smallest absolute Gasteiger partial charge is 0.313 e. The molecule has 1 aliphatic heterocycles. The van der Waals surface area contributed by atoms with Gasteiger partial charge in [0, 0.05) is 44.1 Å². The van der Waals surface area contributed by atoms with Crippen LogP contribution in [-0.4, -0.2) is 199 Å². The van der Waals surface area contributed by atoms with Crippen LogP contribution in [0, 0.1) is 23.3 Å². The van der Waals surface area contributed by atoms with E-state index >= 15 is 0 Å². The van der Waals surface area contributed by atoms with Gasteiger partial charge in [-0.2, -0.15) is 8.78 Å². The molecule has 3 N–H and O–H groups in total. The van der Waals surface area contributed by atoms with Crippen LogP contribution in [-0.2, 0) is 61.8 Å². The molecule has 0 saturated carbocycles. The average Bonchev–Trinajstić information content (AvgIpc) is 3.65. The van der Waals surface area contributed by atoms with Crippen molar-refractivity contribution in [1.29, 1.82) is 0 Å². The number of likely N-dealkylation sites (N-methyl/N-ethyl adjacent to an activating group) is 1. The lowest BCUT2D eigenvalue weighted by molar-refractivity contribution is -0.136. The average molecular weight is 1070 g/mol. The molecule has 1 aromatic carbocycles. The molecule has 0 spiro atoms. The highest BCUT2D eigenvalue weighted by Crippen LogP contribution is 2.38. The standard InChI is InChI=1S/C49H75F4N5O14S/c1-4-9-58(10-5-2)49(61)37-33-41-40(55-42(54)34-37)36-44(73-41)56-43(59)7-6-11-57(3)12-14-63-16-18-65-20-22-67-24-26-69-28-30-71-32-31-70-29-27-68-25-23-66-21-19-64-17-15-62-13-8-45(60)72-48-46(52)38(50)35-39(51)47(48)53/h33,35-36H,4-32,34H2,1-3H3,(H2,54,55)(H,56,59). The maximum atomic E-state index is 13.6. The summed E-state index contributed by atoms with van der Waals surface area (Å²) < 4.78 is 113. The third kappa shape index (κ3) is 27.8. The molecule has 0 unspecified atom stereocenters. The molecule has 1 aliphatic rings. The largest absolute Gasteiger partial charge is 0.420 e. The highest BCUT2D eigenvalue weighted by atomic mass is 32.1. The minimum Gasteiger partial charge on any atom is -0.420 e. The molecule has 2 heterocycles. The van der Waals surface area contributed by atoms with Crippen LogP contribution in [0.1, 0.15) is 57.2 Å². The third-order valence-corrected chi connectivity index (χ3v) is 11.1. The Morgan fingerprint density at radius 1 is 0.616 bits per heavy atom. The molecule has 0 fully saturated rings. The summed E-state index contributed by atoms with van der Waals surface area (Å²) in [7, 11) is 1.99. The van der Waals surface area contributed by atoms with Gasteiger partial charge in [0.1, 0.15) is 5.84 Å². The van der Waals surface area contributed by atoms with Gasteiger partial charge in [-0.1, -0.05) is 13.8 Å². The predicted octanol–water partition coefficient (Wildman–Crippen LogP) is 5.54. The molecule has 19 nitrogen and oxygen atoms in total. The molecule has 0 saturated heterocycles. The van der Waals surface area contributed by atoms with E-state index in [1.165, 1.54) is 11.3 Å². The summed E-state index contributed by atoms with van der Waals surface area (Å²) in [6.07, 6.45) is 4.57. The van der Waals surface area contributed by atoms with E-state index in [-0.39, 0.29) is 37.7 Å². The minimum atomic E-state index is -1.80. The number of benzene rings is 1. The first-order valence-electron chi connectivity index (χ1n) is 24.7. The molecule has 24 heteroatoms. The lowest BCUT2D eigenvalue weighted by atomic mass is 10.1. The number of hydrogen-bond acceptors (Lipinski definition) is 18. The Bertz CT molecular complexity index is 1920. The van der Waals surface area contributed by atoms with Crippen LogP contribution in [0.25, 0.3) is 6.08 Å². The number of nitrogens with zero attached hydrogens (tertiary/aromatic N) is 3. The SMILES string of the molecule is CCCN(CCC)C(=O)C1=Cc2sc(NC(=O)CCCN(C)CCOCCOCCOCCOCCOCCOCCOCCOCCOCCOCCC(=O)Oc3c(F)c(F)cc(F)c3F)cc2N=C(N)C1. The fourth-order valence-electron chi connectivity index (χ4n) is 6.53. The third-order valence-electron chi connectivity index (χ3n) is 10.1. The van der Waals surface area contributed by atoms with E-state index in [4.69, 9.17) is 53.1 Å². The maximum absolute atomic E-state index is 13.6. The molecule has 0 bridgehead atoms. The van der Waals surface area contributed by atoms with Crippen LogP contribution >= 0.6 is 11.3 Å². The minimum absolute atomic E-state index is 0.0162. The van der Waals surface area contributed by atoms with Crippen LogP contribution in [0.3, 0.4) is 0 Å². The Labute approximate surface area is 429 Å². The summed E-state index contributed by atoms with van der Waals surface area (Å²) in [5.41, 5.74) is 7.45. The summed E-state index contributed by atoms with van der Waals surface area (Å²) >= 11 is 1.39. The second-order valence-electron chi connectivity index (χ2n) is 16.2. The lowest BCUT2D eigenvalue weighted by Gasteiger charge is -2.22. The number of anilines is 1. The second kappa shape index (κ2) is 39.3. The number of thiophene rings is 1. The van der Waals surface area contributed by atoms with Gasteiger partial charge in [-0.3, -0.25) is 14.4 Å². The number of halogens is 4. The number of esters is 1. The Balaban J connectivity index is 0.998. The van der Waals surface area contributed by atoms with Gasteiger partial charge in [0.2, 0.25) is 29.2 Å². The highest BCUT2D eigenvalue weighted by Gasteiger charge is 2.24. The Morgan fingerprint density at radius 2 is 1.05 bits per heavy atom. The van der Waals surface area contributed by atoms with Gasteiger partial charge in [-0.15, -0.1) is 11.3 Å². The van der Waals surface area contributed by atoms with E-state index in [2.05, 4.69) is 33.8 Å². The predicted molar refractivity (Wildman–Crippen MR) is 265 cm³/mol. The molecule has 3 rings (SSSR count). The molecule has 1 aromatic heterocycles. The normalized spacial score (nSPS) is 12.4. The van der Waals surface area contributed by atoms with Crippen molar-refractivity contribution in [2.75, 3.05) is 171 Å². The summed E-state index contributed by atoms with van der Waals surface area (Å²) in [6.45, 7) is 14.3. The van der Waals surface area contributed by atoms with Gasteiger partial charge < -0.3 is 73.0 Å². The van der Waals surface area contributed by atoms with Gasteiger partial charge in [-0.25, -0.2) is 13.8 Å². The number of amides is 2. The fraction of sp³-hybridized carbons (Fsp3) is 0.673. The molecule has 73 heavy (non-hydrogen) atoms. The van der Waals surface area contributed by atoms with Crippen molar-refractivity contribution in [1.82, 2.24) is 9.80 Å². The first kappa shape index (κ1) is 63.1. The molecular formula is C49H75F4N5O14S. The summed E-state index contributed by atoms with van der Waals surface area (Å²) in [4.78, 5) is 47.0. The Morgan fingerprint density at radius 3 is 1.51 bits per heavy atom. The summed E-state index contributed by atoms with van der Waals surface area (Å²) in [5.74, 6) is -9.24. The molecule has 0 radical (unpaired) electrons. The van der Waals surface area contributed by atoms with E-state index in [0.717, 1.165) is 30.8 Å². The molecular weight excluding hydrogens is 991 g/mol. The quantitative estimate of drug-likeness (QED) is 0.0274. The summed E-state index contributed by atoms with van der Waals surface area (Å²) in [6, 6.07) is 1.83. The van der Waals surface area contributed by atoms with Gasteiger partial charge >= 0.3 is 5.97 Å². The van der Waals surface area contributed by atoms with E-state index in [1.54, 1.807) is 0 Å². The van der Waals surface area contributed by atoms with Crippen LogP contribution < -0.4 is 15.8 Å². The number of fused-ring (bicyclic) bond motifs is 1. The Hall–Kier alpha value is -4.18. The maximum Gasteiger partial charge on any atom is 0.313 e. The first-order chi connectivity index (χ1) is 35.4. The van der Waals surface area contributed by atoms with Crippen molar-refractivity contribution in [3.63, 3.8) is 0 Å². The fourth-order valence-corrected chi connectivity index (χ4v) is 7.51. The summed E-state index contributed by atoms with van der Waals surface area (Å²) in [5, 5.41) is 3.65. The number of carbonyl (C=O) groups is 3. The van der Waals surface area contributed by atoms with Gasteiger partial charge in [-0.05, 0) is 45.0 Å². The van der Waals surface area contributed by atoms with Crippen molar-refractivity contribution >= 4 is 51.7 Å². The zero-order valence-corrected chi connectivity index (χ0v) is 43.3. The van der Waals surface area contributed by atoms with Gasteiger partial charge in [0.25, 0.3) is 0 Å². The topological polar surface area (TPSA) is 210 Å². The van der Waals surface area contributed by atoms with E-state index < -0.39 is 41.4 Å². The number of carbonyl (C=O) groups excluding carboxylic acids is 3. The number of rotatable bonds is 44. The van der Waals surface area contributed by atoms with Crippen molar-refractivity contribution in [3.8, 4) is 5.75 Å². The van der Waals surface area contributed by atoms with E-state index in [9.17, 15) is 31.9 Å². The van der Waals surface area contributed by atoms with Crippen LogP contribution in [0.2, 0.25) is 0 Å². The number of aliphatic imine (C=N–C) groups is 1. The molecule has 2 amide bonds. The zero-order chi connectivity index (χ0) is 52.9. The van der Waals surface area contributed by atoms with Crippen LogP contribution in [0.4, 0.5) is 28.3 Å². The van der Waals surface area contributed by atoms with E-state index in [1.807, 2.05) is 24.1 Å². The van der Waals surface area contributed by atoms with Gasteiger partial charge in [0.15, 0.2) is 11.6 Å². The van der Waals surface area contributed by atoms with Crippen LogP contribution in [0.5, 0.6) is 5.75 Å². The van der Waals surface area contributed by atoms with Crippen molar-refractivity contribution in [3.05, 3.63) is 45.9 Å². The monoisotopic (exact) mass is 1070 g/mol. The number of ether oxygens (including phenoxy) is 11.